The second kappa shape index (κ2) is 7.11. The monoisotopic (exact) mass is 368 g/mol. The van der Waals surface area contributed by atoms with Gasteiger partial charge < -0.3 is 10.1 Å². The number of hydrogen-bond acceptors (Lipinski definition) is 5. The van der Waals surface area contributed by atoms with E-state index in [0.717, 1.165) is 18.4 Å². The number of amides is 1. The van der Waals surface area contributed by atoms with Gasteiger partial charge in [0, 0.05) is 46.9 Å². The van der Waals surface area contributed by atoms with Crippen LogP contribution in [0.4, 0.5) is 10.5 Å². The molecule has 0 aromatic heterocycles. The summed E-state index contributed by atoms with van der Waals surface area (Å²) in [5.74, 6) is 0.255. The molecular formula is C17H24N2O5S. The number of carbonyl (C=O) groups excluding carboxylic acids is 1. The summed E-state index contributed by atoms with van der Waals surface area (Å²) in [6.07, 6.45) is 2.82. The molecule has 0 spiro atoms. The number of alkyl carbamates (subject to hydrolysis) is 1. The average Bonchev–Trinajstić information content (AvgIpc) is 3.23. The maximum atomic E-state index is 11.9. The smallest absolute Gasteiger partial charge is 0.407 e. The Hall–Kier alpha value is -1.96. The molecule has 1 saturated carbocycles. The van der Waals surface area contributed by atoms with Gasteiger partial charge in [-0.2, -0.15) is 0 Å². The van der Waals surface area contributed by atoms with Crippen molar-refractivity contribution in [1.82, 2.24) is 5.32 Å². The minimum Gasteiger partial charge on any atom is -0.444 e. The molecule has 1 aliphatic carbocycles. The van der Waals surface area contributed by atoms with Gasteiger partial charge in [-0.05, 0) is 44.7 Å². The van der Waals surface area contributed by atoms with Gasteiger partial charge in [0.15, 0.2) is 0 Å². The molecule has 1 aromatic carbocycles. The van der Waals surface area contributed by atoms with E-state index in [1.807, 2.05) is 0 Å². The Labute approximate surface area is 149 Å². The van der Waals surface area contributed by atoms with Crippen molar-refractivity contribution in [2.75, 3.05) is 12.8 Å². The maximum absolute atomic E-state index is 11.9. The van der Waals surface area contributed by atoms with Gasteiger partial charge in [-0.3, -0.25) is 14.3 Å². The number of nitro benzene ring substituents is 1. The van der Waals surface area contributed by atoms with Crippen LogP contribution in [0, 0.1) is 10.1 Å². The normalized spacial score (nSPS) is 16.8. The molecule has 1 unspecified atom stereocenters. The Kier molecular flexibility index (Phi) is 5.51. The van der Waals surface area contributed by atoms with Crippen molar-refractivity contribution in [3.05, 3.63) is 39.4 Å². The van der Waals surface area contributed by atoms with Crippen LogP contribution in [-0.4, -0.2) is 33.6 Å². The number of carbonyl (C=O) groups is 1. The first-order valence-corrected chi connectivity index (χ1v) is 9.80. The van der Waals surface area contributed by atoms with Gasteiger partial charge in [-0.25, -0.2) is 4.79 Å². The molecule has 1 aliphatic rings. The van der Waals surface area contributed by atoms with Crippen LogP contribution < -0.4 is 5.32 Å². The van der Waals surface area contributed by atoms with Crippen molar-refractivity contribution >= 4 is 22.6 Å². The number of nitro groups is 1. The second-order valence-corrected chi connectivity index (χ2v) is 8.89. The Balaban J connectivity index is 2.20. The molecular weight excluding hydrogens is 344 g/mol. The summed E-state index contributed by atoms with van der Waals surface area (Å²) in [7, 11) is -1.12. The third-order valence-electron chi connectivity index (χ3n) is 4.05. The molecule has 0 radical (unpaired) electrons. The highest BCUT2D eigenvalue weighted by atomic mass is 32.2. The molecule has 138 valence electrons. The van der Waals surface area contributed by atoms with E-state index in [9.17, 15) is 19.1 Å². The summed E-state index contributed by atoms with van der Waals surface area (Å²) in [6, 6.07) is 4.68. The lowest BCUT2D eigenvalue weighted by atomic mass is 9.91. The van der Waals surface area contributed by atoms with Crippen LogP contribution in [0.25, 0.3) is 0 Å². The molecule has 8 heteroatoms. The lowest BCUT2D eigenvalue weighted by molar-refractivity contribution is -0.384. The standard InChI is InChI=1S/C17H24N2O5S/c1-16(2,3)24-15(20)18-11-17(7-8-17)14-6-5-13(19(21)22)9-12(14)10-25(4)23/h5-6,9H,7-8,10-11H2,1-4H3,(H,18,20). The molecule has 1 atom stereocenters. The average molecular weight is 368 g/mol. The van der Waals surface area contributed by atoms with E-state index in [0.29, 0.717) is 12.1 Å². The van der Waals surface area contributed by atoms with Gasteiger partial charge in [-0.1, -0.05) is 6.07 Å². The van der Waals surface area contributed by atoms with E-state index in [1.165, 1.54) is 12.1 Å². The van der Waals surface area contributed by atoms with E-state index in [4.69, 9.17) is 4.74 Å². The van der Waals surface area contributed by atoms with Gasteiger partial charge in [0.05, 0.1) is 4.92 Å². The lowest BCUT2D eigenvalue weighted by Gasteiger charge is -2.23. The zero-order valence-corrected chi connectivity index (χ0v) is 15.8. The molecule has 25 heavy (non-hydrogen) atoms. The predicted octanol–water partition coefficient (Wildman–Crippen LogP) is 3.03. The van der Waals surface area contributed by atoms with Crippen LogP contribution >= 0.6 is 0 Å². The number of hydrogen-bond donors (Lipinski definition) is 1. The first-order valence-electron chi connectivity index (χ1n) is 8.07. The number of benzene rings is 1. The first kappa shape index (κ1) is 19.4. The van der Waals surface area contributed by atoms with Crippen LogP contribution in [0.3, 0.4) is 0 Å². The molecule has 1 aromatic rings. The highest BCUT2D eigenvalue weighted by Gasteiger charge is 2.46. The van der Waals surface area contributed by atoms with Crippen molar-refractivity contribution < 1.29 is 18.7 Å². The summed E-state index contributed by atoms with van der Waals surface area (Å²) >= 11 is 0. The maximum Gasteiger partial charge on any atom is 0.407 e. The predicted molar refractivity (Wildman–Crippen MR) is 96.0 cm³/mol. The highest BCUT2D eigenvalue weighted by Crippen LogP contribution is 2.49. The molecule has 0 bridgehead atoms. The molecule has 2 rings (SSSR count). The fraction of sp³-hybridized carbons (Fsp3) is 0.588. The van der Waals surface area contributed by atoms with Crippen LogP contribution in [0.2, 0.25) is 0 Å². The molecule has 1 fully saturated rings. The molecule has 1 amide bonds. The number of nitrogens with zero attached hydrogens (tertiary/aromatic N) is 1. The second-order valence-electron chi connectivity index (χ2n) is 7.45. The molecule has 7 nitrogen and oxygen atoms in total. The zero-order chi connectivity index (χ0) is 18.8. The summed E-state index contributed by atoms with van der Waals surface area (Å²) in [5, 5.41) is 13.8. The quantitative estimate of drug-likeness (QED) is 0.615. The fourth-order valence-electron chi connectivity index (χ4n) is 2.80. The van der Waals surface area contributed by atoms with Gasteiger partial charge in [0.2, 0.25) is 0 Å². The van der Waals surface area contributed by atoms with E-state index in [-0.39, 0.29) is 16.9 Å². The Bertz CT molecular complexity index is 707. The molecule has 1 N–H and O–H groups in total. The van der Waals surface area contributed by atoms with Gasteiger partial charge in [0.1, 0.15) is 5.60 Å². The first-order chi connectivity index (χ1) is 11.5. The van der Waals surface area contributed by atoms with Crippen molar-refractivity contribution in [2.45, 2.75) is 50.4 Å². The Morgan fingerprint density at radius 2 is 2.04 bits per heavy atom. The van der Waals surface area contributed by atoms with Gasteiger partial charge in [-0.15, -0.1) is 0 Å². The summed E-state index contributed by atoms with van der Waals surface area (Å²) in [6.45, 7) is 5.78. The van der Waals surface area contributed by atoms with E-state index < -0.39 is 27.4 Å². The minimum atomic E-state index is -1.12. The van der Waals surface area contributed by atoms with Crippen LogP contribution in [0.1, 0.15) is 44.7 Å². The van der Waals surface area contributed by atoms with Crippen LogP contribution in [-0.2, 0) is 26.7 Å². The molecule has 0 heterocycles. The fourth-order valence-corrected chi connectivity index (χ4v) is 3.47. The summed E-state index contributed by atoms with van der Waals surface area (Å²) in [4.78, 5) is 22.5. The van der Waals surface area contributed by atoms with E-state index in [1.54, 1.807) is 33.1 Å². The van der Waals surface area contributed by atoms with Crippen molar-refractivity contribution in [3.63, 3.8) is 0 Å². The van der Waals surface area contributed by atoms with E-state index >= 15 is 0 Å². The summed E-state index contributed by atoms with van der Waals surface area (Å²) in [5.41, 5.74) is 0.780. The number of rotatable bonds is 6. The molecule has 0 saturated heterocycles. The SMILES string of the molecule is CS(=O)Cc1cc([N+](=O)[O-])ccc1C1(CNC(=O)OC(C)(C)C)CC1. The topological polar surface area (TPSA) is 98.5 Å². The van der Waals surface area contributed by atoms with Crippen molar-refractivity contribution in [2.24, 2.45) is 0 Å². The minimum absolute atomic E-state index is 0.0138. The van der Waals surface area contributed by atoms with Crippen LogP contribution in [0.5, 0.6) is 0 Å². The Morgan fingerprint density at radius 3 is 2.52 bits per heavy atom. The number of nitrogens with one attached hydrogen (secondary N) is 1. The van der Waals surface area contributed by atoms with Crippen LogP contribution in [0.15, 0.2) is 18.2 Å². The summed E-state index contributed by atoms with van der Waals surface area (Å²) < 4.78 is 16.9. The third kappa shape index (κ3) is 5.26. The lowest BCUT2D eigenvalue weighted by Crippen LogP contribution is -2.37. The largest absolute Gasteiger partial charge is 0.444 e. The highest BCUT2D eigenvalue weighted by molar-refractivity contribution is 7.83. The van der Waals surface area contributed by atoms with Gasteiger partial charge in [0.25, 0.3) is 5.69 Å². The zero-order valence-electron chi connectivity index (χ0n) is 15.0. The third-order valence-corrected chi connectivity index (χ3v) is 4.77. The van der Waals surface area contributed by atoms with Crippen molar-refractivity contribution in [3.8, 4) is 0 Å². The van der Waals surface area contributed by atoms with Crippen molar-refractivity contribution in [1.29, 1.82) is 0 Å². The van der Waals surface area contributed by atoms with E-state index in [2.05, 4.69) is 5.32 Å². The number of ether oxygens (including phenoxy) is 1. The van der Waals surface area contributed by atoms with Gasteiger partial charge >= 0.3 is 6.09 Å². The number of non-ortho nitro benzene ring substituents is 1. The Morgan fingerprint density at radius 1 is 1.40 bits per heavy atom. The molecule has 0 aliphatic heterocycles.